The lowest BCUT2D eigenvalue weighted by molar-refractivity contribution is 0.0696. The average molecular weight is 179 g/mol. The number of hydrogen-bond donors (Lipinski definition) is 2. The number of aromatic carboxylic acids is 1. The third kappa shape index (κ3) is 2.62. The fourth-order valence-electron chi connectivity index (χ4n) is 0.794. The Hall–Kier alpha value is -1.78. The van der Waals surface area contributed by atoms with Crippen LogP contribution in [0.15, 0.2) is 12.4 Å². The minimum Gasteiger partial charge on any atom is -0.478 e. The van der Waals surface area contributed by atoms with E-state index in [1.165, 1.54) is 12.4 Å². The molecule has 1 aromatic rings. The molecule has 1 heterocycles. The van der Waals surface area contributed by atoms with E-state index >= 15 is 0 Å². The molecule has 68 valence electrons. The summed E-state index contributed by atoms with van der Waals surface area (Å²) in [4.78, 5) is 18.0. The Morgan fingerprint density at radius 3 is 2.46 bits per heavy atom. The molecule has 0 atom stereocenters. The van der Waals surface area contributed by atoms with Crippen LogP contribution in [-0.4, -0.2) is 26.8 Å². The zero-order valence-electron chi connectivity index (χ0n) is 7.11. The first-order chi connectivity index (χ1) is 6.09. The van der Waals surface area contributed by atoms with Crippen LogP contribution in [0.2, 0.25) is 0 Å². The van der Waals surface area contributed by atoms with E-state index in [1.54, 1.807) is 6.92 Å². The number of rotatable bonds is 3. The Morgan fingerprint density at radius 1 is 1.54 bits per heavy atom. The van der Waals surface area contributed by atoms with Crippen molar-refractivity contribution >= 4 is 11.7 Å². The molecule has 0 amide bonds. The molecule has 0 saturated carbocycles. The number of nitrogens with one attached hydrogen (secondary N) is 1. The lowest BCUT2D eigenvalue weighted by Crippen LogP contribution is -2.04. The molecular formula is C8H9N3O2. The molecule has 0 fully saturated rings. The first-order valence-electron chi connectivity index (χ1n) is 3.68. The quantitative estimate of drug-likeness (QED) is 0.670. The number of aromatic nitrogens is 2. The summed E-state index contributed by atoms with van der Waals surface area (Å²) < 4.78 is 0. The van der Waals surface area contributed by atoms with Crippen molar-refractivity contribution in [2.75, 3.05) is 0 Å². The van der Waals surface area contributed by atoms with Gasteiger partial charge in [0, 0.05) is 24.5 Å². The van der Waals surface area contributed by atoms with Crippen LogP contribution in [0.1, 0.15) is 23.1 Å². The van der Waals surface area contributed by atoms with Crippen LogP contribution < -0.4 is 0 Å². The normalized spacial score (nSPS) is 9.62. The minimum absolute atomic E-state index is 0.0615. The highest BCUT2D eigenvalue weighted by Gasteiger charge is 2.04. The first-order valence-corrected chi connectivity index (χ1v) is 3.68. The van der Waals surface area contributed by atoms with Gasteiger partial charge in [-0.05, 0) is 6.92 Å². The van der Waals surface area contributed by atoms with Crippen molar-refractivity contribution < 1.29 is 9.90 Å². The Labute approximate surface area is 75.0 Å². The predicted molar refractivity (Wildman–Crippen MR) is 46.1 cm³/mol. The summed E-state index contributed by atoms with van der Waals surface area (Å²) in [6.07, 6.45) is 2.85. The van der Waals surface area contributed by atoms with E-state index in [2.05, 4.69) is 9.97 Å². The molecule has 1 aromatic heterocycles. The average Bonchev–Trinajstić information content (AvgIpc) is 2.04. The Bertz CT molecular complexity index is 332. The molecule has 0 aliphatic carbocycles. The van der Waals surface area contributed by atoms with Gasteiger partial charge >= 0.3 is 5.97 Å². The first kappa shape index (κ1) is 9.31. The topological polar surface area (TPSA) is 86.9 Å². The van der Waals surface area contributed by atoms with E-state index in [0.29, 0.717) is 18.0 Å². The lowest BCUT2D eigenvalue weighted by Gasteiger charge is -1.97. The SMILES string of the molecule is CC(=N)Cc1ncc(C(=O)O)cn1. The number of nitrogens with zero attached hydrogens (tertiary/aromatic N) is 2. The Kier molecular flexibility index (Phi) is 2.69. The largest absolute Gasteiger partial charge is 0.478 e. The van der Waals surface area contributed by atoms with Crippen LogP contribution in [0.4, 0.5) is 0 Å². The van der Waals surface area contributed by atoms with E-state index in [4.69, 9.17) is 10.5 Å². The van der Waals surface area contributed by atoms with Crippen molar-refractivity contribution in [3.05, 3.63) is 23.8 Å². The van der Waals surface area contributed by atoms with Crippen LogP contribution in [0, 0.1) is 5.41 Å². The van der Waals surface area contributed by atoms with E-state index in [9.17, 15) is 4.79 Å². The van der Waals surface area contributed by atoms with E-state index < -0.39 is 5.97 Å². The highest BCUT2D eigenvalue weighted by Crippen LogP contribution is 1.97. The molecule has 0 spiro atoms. The lowest BCUT2D eigenvalue weighted by atomic mass is 10.3. The second-order valence-electron chi connectivity index (χ2n) is 2.65. The van der Waals surface area contributed by atoms with Crippen molar-refractivity contribution in [3.63, 3.8) is 0 Å². The number of carboxylic acid groups (broad SMARTS) is 1. The van der Waals surface area contributed by atoms with Gasteiger partial charge in [0.2, 0.25) is 0 Å². The van der Waals surface area contributed by atoms with Crippen molar-refractivity contribution in [1.82, 2.24) is 9.97 Å². The summed E-state index contributed by atoms with van der Waals surface area (Å²) in [5.41, 5.74) is 0.509. The van der Waals surface area contributed by atoms with Crippen LogP contribution in [0.25, 0.3) is 0 Å². The molecular weight excluding hydrogens is 170 g/mol. The van der Waals surface area contributed by atoms with Crippen LogP contribution >= 0.6 is 0 Å². The summed E-state index contributed by atoms with van der Waals surface area (Å²) >= 11 is 0. The van der Waals surface area contributed by atoms with Crippen molar-refractivity contribution in [2.24, 2.45) is 0 Å². The van der Waals surface area contributed by atoms with E-state index in [1.807, 2.05) is 0 Å². The summed E-state index contributed by atoms with van der Waals surface area (Å²) in [5, 5.41) is 15.7. The van der Waals surface area contributed by atoms with Gasteiger partial charge in [-0.3, -0.25) is 0 Å². The zero-order valence-corrected chi connectivity index (χ0v) is 7.11. The molecule has 13 heavy (non-hydrogen) atoms. The molecule has 0 radical (unpaired) electrons. The number of carbonyl (C=O) groups is 1. The summed E-state index contributed by atoms with van der Waals surface area (Å²) in [6, 6.07) is 0. The molecule has 0 aliphatic rings. The molecule has 5 nitrogen and oxygen atoms in total. The van der Waals surface area contributed by atoms with Crippen molar-refractivity contribution in [1.29, 1.82) is 5.41 Å². The van der Waals surface area contributed by atoms with Gasteiger partial charge in [-0.1, -0.05) is 0 Å². The van der Waals surface area contributed by atoms with Gasteiger partial charge in [0.05, 0.1) is 5.56 Å². The second-order valence-corrected chi connectivity index (χ2v) is 2.65. The zero-order chi connectivity index (χ0) is 9.84. The van der Waals surface area contributed by atoms with Crippen LogP contribution in [0.3, 0.4) is 0 Å². The second kappa shape index (κ2) is 3.75. The van der Waals surface area contributed by atoms with Gasteiger partial charge in [0.15, 0.2) is 0 Å². The fraction of sp³-hybridized carbons (Fsp3) is 0.250. The highest BCUT2D eigenvalue weighted by atomic mass is 16.4. The molecule has 0 saturated heterocycles. The molecule has 0 bridgehead atoms. The maximum atomic E-state index is 10.4. The molecule has 0 aromatic carbocycles. The number of carboxylic acids is 1. The fourth-order valence-corrected chi connectivity index (χ4v) is 0.794. The molecule has 0 aliphatic heterocycles. The Morgan fingerprint density at radius 2 is 2.08 bits per heavy atom. The smallest absolute Gasteiger partial charge is 0.338 e. The summed E-state index contributed by atoms with van der Waals surface area (Å²) in [5.74, 6) is -0.573. The third-order valence-corrected chi connectivity index (χ3v) is 1.38. The van der Waals surface area contributed by atoms with Crippen molar-refractivity contribution in [3.8, 4) is 0 Å². The van der Waals surface area contributed by atoms with Gasteiger partial charge in [-0.15, -0.1) is 0 Å². The highest BCUT2D eigenvalue weighted by molar-refractivity contribution is 5.86. The monoisotopic (exact) mass is 179 g/mol. The third-order valence-electron chi connectivity index (χ3n) is 1.38. The standard InChI is InChI=1S/C8H9N3O2/c1-5(9)2-7-10-3-6(4-11-7)8(12)13/h3-4,9H,2H2,1H3,(H,12,13). The van der Waals surface area contributed by atoms with Gasteiger partial charge in [-0.25, -0.2) is 14.8 Å². The van der Waals surface area contributed by atoms with Crippen LogP contribution in [0.5, 0.6) is 0 Å². The Balaban J connectivity index is 2.81. The summed E-state index contributed by atoms with van der Waals surface area (Å²) in [7, 11) is 0. The van der Waals surface area contributed by atoms with E-state index in [0.717, 1.165) is 0 Å². The molecule has 0 unspecified atom stereocenters. The molecule has 5 heteroatoms. The maximum Gasteiger partial charge on any atom is 0.338 e. The minimum atomic E-state index is -1.04. The van der Waals surface area contributed by atoms with Gasteiger partial charge < -0.3 is 10.5 Å². The number of hydrogen-bond acceptors (Lipinski definition) is 4. The predicted octanol–water partition coefficient (Wildman–Crippen LogP) is 0.757. The van der Waals surface area contributed by atoms with Gasteiger partial charge in [-0.2, -0.15) is 0 Å². The molecule has 1 rings (SSSR count). The van der Waals surface area contributed by atoms with Gasteiger partial charge in [0.25, 0.3) is 0 Å². The van der Waals surface area contributed by atoms with E-state index in [-0.39, 0.29) is 5.56 Å². The van der Waals surface area contributed by atoms with Crippen molar-refractivity contribution in [2.45, 2.75) is 13.3 Å². The maximum absolute atomic E-state index is 10.4. The molecule has 2 N–H and O–H groups in total. The summed E-state index contributed by atoms with van der Waals surface area (Å²) in [6.45, 7) is 1.65. The van der Waals surface area contributed by atoms with Gasteiger partial charge in [0.1, 0.15) is 5.82 Å². The van der Waals surface area contributed by atoms with Crippen LogP contribution in [-0.2, 0) is 6.42 Å².